The van der Waals surface area contributed by atoms with Gasteiger partial charge in [0.05, 0.1) is 12.4 Å². The molecule has 70 valence electrons. The number of hydrogen-bond donors (Lipinski definition) is 1. The van der Waals surface area contributed by atoms with E-state index in [-0.39, 0.29) is 6.41 Å². The van der Waals surface area contributed by atoms with Gasteiger partial charge in [0.25, 0.3) is 0 Å². The van der Waals surface area contributed by atoms with Crippen LogP contribution < -0.4 is 5.73 Å². The van der Waals surface area contributed by atoms with E-state index in [0.29, 0.717) is 0 Å². The second kappa shape index (κ2) is 9.89. The van der Waals surface area contributed by atoms with Crippen LogP contribution in [0, 0.1) is 0 Å². The van der Waals surface area contributed by atoms with E-state index in [0.717, 1.165) is 0 Å². The highest BCUT2D eigenvalue weighted by Crippen LogP contribution is 1.72. The Kier molecular flexibility index (Phi) is 8.28. The molecule has 13 heavy (non-hydrogen) atoms. The van der Waals surface area contributed by atoms with Crippen molar-refractivity contribution in [3.63, 3.8) is 0 Å². The fourth-order valence-corrected chi connectivity index (χ4v) is 0.351. The molecule has 6 nitrogen and oxygen atoms in total. The molecule has 0 fully saturated rings. The van der Waals surface area contributed by atoms with E-state index in [1.165, 1.54) is 18.9 Å². The van der Waals surface area contributed by atoms with Crippen LogP contribution in [0.4, 0.5) is 0 Å². The van der Waals surface area contributed by atoms with E-state index in [4.69, 9.17) is 4.79 Å². The molecule has 0 atom stereocenters. The minimum Gasteiger partial charge on any atom is -0.452 e. The molecule has 2 aromatic heterocycles. The third-order valence-corrected chi connectivity index (χ3v) is 0.694. The van der Waals surface area contributed by atoms with Gasteiger partial charge in [0.15, 0.2) is 6.39 Å². The molecule has 0 aromatic carbocycles. The number of rotatable bonds is 0. The Bertz CT molecular complexity index is 194. The first kappa shape index (κ1) is 10.9. The standard InChI is InChI=1S/2C3H3NO.CH3NO/c1-2-5-3-4-1;1-2-4-5-3-1;2-1-3/h2*1-3H;1H,(H2,2,3). The molecule has 2 N–H and O–H groups in total. The molecule has 0 aliphatic rings. The highest BCUT2D eigenvalue weighted by molar-refractivity contribution is 5.42. The van der Waals surface area contributed by atoms with Gasteiger partial charge in [-0.3, -0.25) is 4.79 Å². The van der Waals surface area contributed by atoms with Crippen molar-refractivity contribution >= 4 is 6.41 Å². The van der Waals surface area contributed by atoms with Gasteiger partial charge >= 0.3 is 0 Å². The Balaban J connectivity index is 0.000000174. The zero-order chi connectivity index (χ0) is 9.78. The van der Waals surface area contributed by atoms with E-state index in [2.05, 4.69) is 24.8 Å². The number of carbonyl (C=O) groups is 1. The van der Waals surface area contributed by atoms with E-state index >= 15 is 0 Å². The fraction of sp³-hybridized carbons (Fsp3) is 0. The Morgan fingerprint density at radius 3 is 2.23 bits per heavy atom. The Morgan fingerprint density at radius 1 is 1.31 bits per heavy atom. The third kappa shape index (κ3) is 9.89. The average molecular weight is 183 g/mol. The summed E-state index contributed by atoms with van der Waals surface area (Å²) < 4.78 is 8.81. The van der Waals surface area contributed by atoms with Gasteiger partial charge in [-0.2, -0.15) is 0 Å². The summed E-state index contributed by atoms with van der Waals surface area (Å²) in [5.74, 6) is 0. The molecule has 2 heterocycles. The first-order valence-corrected chi connectivity index (χ1v) is 3.23. The van der Waals surface area contributed by atoms with Crippen LogP contribution >= 0.6 is 0 Å². The van der Waals surface area contributed by atoms with Crippen molar-refractivity contribution in [3.8, 4) is 0 Å². The zero-order valence-corrected chi connectivity index (χ0v) is 6.74. The van der Waals surface area contributed by atoms with Gasteiger partial charge in [0, 0.05) is 0 Å². The molecule has 0 radical (unpaired) electrons. The van der Waals surface area contributed by atoms with Gasteiger partial charge in [0.2, 0.25) is 6.41 Å². The van der Waals surface area contributed by atoms with Crippen LogP contribution in [0.3, 0.4) is 0 Å². The maximum atomic E-state index is 8.58. The van der Waals surface area contributed by atoms with Crippen molar-refractivity contribution in [1.82, 2.24) is 10.1 Å². The molecular formula is C7H9N3O3. The number of nitrogens with two attached hydrogens (primary N) is 1. The molecule has 0 aliphatic carbocycles. The summed E-state index contributed by atoms with van der Waals surface area (Å²) in [6.07, 6.45) is 7.82. The number of carbonyl (C=O) groups excluding carboxylic acids is 1. The lowest BCUT2D eigenvalue weighted by Crippen LogP contribution is -1.82. The maximum Gasteiger partial charge on any atom is 0.204 e. The van der Waals surface area contributed by atoms with Crippen LogP contribution in [0.15, 0.2) is 46.3 Å². The lowest BCUT2D eigenvalue weighted by atomic mass is 10.8. The second-order valence-electron chi connectivity index (χ2n) is 1.50. The minimum atomic E-state index is 0.250. The van der Waals surface area contributed by atoms with E-state index in [1.807, 2.05) is 0 Å². The highest BCUT2D eigenvalue weighted by Gasteiger charge is 1.60. The Morgan fingerprint density at radius 2 is 2.08 bits per heavy atom. The first-order chi connectivity index (χ1) is 6.41. The predicted octanol–water partition coefficient (Wildman–Crippen LogP) is 0.451. The molecule has 6 heteroatoms. The number of oxazole rings is 1. The molecule has 0 unspecified atom stereocenters. The topological polar surface area (TPSA) is 95.2 Å². The molecule has 0 bridgehead atoms. The van der Waals surface area contributed by atoms with Crippen LogP contribution in [0.2, 0.25) is 0 Å². The van der Waals surface area contributed by atoms with Gasteiger partial charge in [-0.1, -0.05) is 5.16 Å². The van der Waals surface area contributed by atoms with Gasteiger partial charge in [-0.15, -0.1) is 0 Å². The smallest absolute Gasteiger partial charge is 0.204 e. The van der Waals surface area contributed by atoms with Crippen molar-refractivity contribution in [3.05, 3.63) is 37.4 Å². The number of nitrogens with zero attached hydrogens (tertiary/aromatic N) is 2. The van der Waals surface area contributed by atoms with Crippen molar-refractivity contribution in [2.24, 2.45) is 5.73 Å². The van der Waals surface area contributed by atoms with Crippen LogP contribution in [-0.2, 0) is 4.79 Å². The van der Waals surface area contributed by atoms with E-state index < -0.39 is 0 Å². The molecule has 2 rings (SSSR count). The van der Waals surface area contributed by atoms with Crippen LogP contribution in [0.1, 0.15) is 0 Å². The number of amides is 1. The number of hydrogen-bond acceptors (Lipinski definition) is 5. The first-order valence-electron chi connectivity index (χ1n) is 3.23. The highest BCUT2D eigenvalue weighted by atomic mass is 16.5. The van der Waals surface area contributed by atoms with Gasteiger partial charge in [-0.25, -0.2) is 4.98 Å². The van der Waals surface area contributed by atoms with Gasteiger partial charge in [-0.05, 0) is 6.07 Å². The molecule has 0 spiro atoms. The average Bonchev–Trinajstić information content (AvgIpc) is 2.85. The number of aromatic nitrogens is 2. The molecular weight excluding hydrogens is 174 g/mol. The quantitative estimate of drug-likeness (QED) is 0.598. The van der Waals surface area contributed by atoms with Crippen molar-refractivity contribution in [2.75, 3.05) is 0 Å². The summed E-state index contributed by atoms with van der Waals surface area (Å²) in [5, 5.41) is 3.35. The fourth-order valence-electron chi connectivity index (χ4n) is 0.351. The van der Waals surface area contributed by atoms with Crippen LogP contribution in [-0.4, -0.2) is 16.6 Å². The van der Waals surface area contributed by atoms with Crippen LogP contribution in [0.5, 0.6) is 0 Å². The van der Waals surface area contributed by atoms with E-state index in [1.54, 1.807) is 18.5 Å². The van der Waals surface area contributed by atoms with Crippen molar-refractivity contribution in [1.29, 1.82) is 0 Å². The third-order valence-electron chi connectivity index (χ3n) is 0.694. The Hall–Kier alpha value is -2.11. The van der Waals surface area contributed by atoms with Gasteiger partial charge < -0.3 is 14.7 Å². The SMILES string of the molecule is NC=O.c1cnoc1.c1cocn1. The lowest BCUT2D eigenvalue weighted by molar-refractivity contribution is -0.106. The summed E-state index contributed by atoms with van der Waals surface area (Å²) in [6, 6.07) is 1.72. The molecule has 0 saturated carbocycles. The second-order valence-corrected chi connectivity index (χ2v) is 1.50. The van der Waals surface area contributed by atoms with Crippen LogP contribution in [0.25, 0.3) is 0 Å². The number of primary amides is 1. The maximum absolute atomic E-state index is 8.58. The summed E-state index contributed by atoms with van der Waals surface area (Å²) in [4.78, 5) is 12.1. The summed E-state index contributed by atoms with van der Waals surface area (Å²) in [6.45, 7) is 0. The van der Waals surface area contributed by atoms with Crippen molar-refractivity contribution < 1.29 is 13.7 Å². The minimum absolute atomic E-state index is 0.250. The normalized spacial score (nSPS) is 7.08. The summed E-state index contributed by atoms with van der Waals surface area (Å²) in [5.41, 5.74) is 4.17. The summed E-state index contributed by atoms with van der Waals surface area (Å²) in [7, 11) is 0. The molecule has 0 aliphatic heterocycles. The Labute approximate surface area is 74.3 Å². The molecule has 0 saturated heterocycles. The van der Waals surface area contributed by atoms with E-state index in [9.17, 15) is 0 Å². The monoisotopic (exact) mass is 183 g/mol. The van der Waals surface area contributed by atoms with Gasteiger partial charge in [0.1, 0.15) is 12.5 Å². The lowest BCUT2D eigenvalue weighted by Gasteiger charge is -1.48. The summed E-state index contributed by atoms with van der Waals surface area (Å²) >= 11 is 0. The zero-order valence-electron chi connectivity index (χ0n) is 6.74. The van der Waals surface area contributed by atoms with Crippen molar-refractivity contribution in [2.45, 2.75) is 0 Å². The predicted molar refractivity (Wildman–Crippen MR) is 43.3 cm³/mol. The molecule has 2 aromatic rings. The largest absolute Gasteiger partial charge is 0.452 e. The molecule has 1 amide bonds.